The van der Waals surface area contributed by atoms with Crippen LogP contribution in [0.25, 0.3) is 6.08 Å². The molecule has 1 atom stereocenters. The van der Waals surface area contributed by atoms with E-state index < -0.39 is 0 Å². The van der Waals surface area contributed by atoms with Gasteiger partial charge in [-0.3, -0.25) is 9.69 Å². The monoisotopic (exact) mass is 409 g/mol. The zero-order valence-electron chi connectivity index (χ0n) is 17.6. The minimum absolute atomic E-state index is 0.0632. The van der Waals surface area contributed by atoms with Crippen LogP contribution in [0.4, 0.5) is 0 Å². The number of fused-ring (bicyclic) bond motifs is 2. The van der Waals surface area contributed by atoms with Crippen molar-refractivity contribution in [3.8, 4) is 23.0 Å². The van der Waals surface area contributed by atoms with Crippen LogP contribution < -0.4 is 18.9 Å². The number of ketones is 1. The highest BCUT2D eigenvalue weighted by Gasteiger charge is 2.34. The maximum absolute atomic E-state index is 12.8. The van der Waals surface area contributed by atoms with Crippen molar-refractivity contribution in [3.05, 3.63) is 53.1 Å². The number of nitrogens with zero attached hydrogens (tertiary/aromatic N) is 1. The first-order chi connectivity index (χ1) is 14.6. The summed E-state index contributed by atoms with van der Waals surface area (Å²) in [5.74, 6) is 2.92. The minimum atomic E-state index is -0.0734. The quantitative estimate of drug-likeness (QED) is 0.644. The minimum Gasteiger partial charge on any atom is -0.494 e. The Morgan fingerprint density at radius 3 is 2.80 bits per heavy atom. The van der Waals surface area contributed by atoms with Crippen LogP contribution in [-0.4, -0.2) is 44.8 Å². The van der Waals surface area contributed by atoms with Gasteiger partial charge in [-0.25, -0.2) is 0 Å². The van der Waals surface area contributed by atoms with Gasteiger partial charge in [0.05, 0.1) is 13.7 Å². The van der Waals surface area contributed by atoms with Gasteiger partial charge in [-0.15, -0.1) is 0 Å². The Hall–Kier alpha value is -2.99. The van der Waals surface area contributed by atoms with E-state index in [-0.39, 0.29) is 18.6 Å². The van der Waals surface area contributed by atoms with Crippen molar-refractivity contribution in [1.82, 2.24) is 4.90 Å². The first-order valence-corrected chi connectivity index (χ1v) is 10.2. The molecule has 0 unspecified atom stereocenters. The van der Waals surface area contributed by atoms with Gasteiger partial charge in [-0.2, -0.15) is 0 Å². The van der Waals surface area contributed by atoms with Gasteiger partial charge in [-0.1, -0.05) is 18.2 Å². The molecule has 2 heterocycles. The van der Waals surface area contributed by atoms with Gasteiger partial charge >= 0.3 is 0 Å². The normalized spacial score (nSPS) is 17.8. The second-order valence-electron chi connectivity index (χ2n) is 7.47. The number of carbonyl (C=O) groups excluding carboxylic acids is 1. The van der Waals surface area contributed by atoms with E-state index in [1.165, 1.54) is 0 Å². The largest absolute Gasteiger partial charge is 0.494 e. The van der Waals surface area contributed by atoms with Gasteiger partial charge in [-0.05, 0) is 55.8 Å². The van der Waals surface area contributed by atoms with Crippen molar-refractivity contribution in [3.63, 3.8) is 0 Å². The molecular formula is C24H27NO5. The fourth-order valence-electron chi connectivity index (χ4n) is 4.07. The molecule has 0 bridgehead atoms. The van der Waals surface area contributed by atoms with Crippen molar-refractivity contribution >= 4 is 11.9 Å². The molecule has 0 aliphatic carbocycles. The number of ether oxygens (including phenoxy) is 4. The Bertz CT molecular complexity index is 951. The van der Waals surface area contributed by atoms with E-state index >= 15 is 0 Å². The molecule has 6 nitrogen and oxygen atoms in total. The Morgan fingerprint density at radius 1 is 1.27 bits per heavy atom. The van der Waals surface area contributed by atoms with E-state index in [1.54, 1.807) is 13.2 Å². The Kier molecular flexibility index (Phi) is 5.95. The van der Waals surface area contributed by atoms with Crippen LogP contribution in [0.2, 0.25) is 0 Å². The molecule has 0 aromatic heterocycles. The van der Waals surface area contributed by atoms with Crippen molar-refractivity contribution in [2.75, 3.05) is 34.1 Å². The zero-order valence-corrected chi connectivity index (χ0v) is 17.6. The van der Waals surface area contributed by atoms with Crippen molar-refractivity contribution in [2.24, 2.45) is 0 Å². The molecular weight excluding hydrogens is 382 g/mol. The van der Waals surface area contributed by atoms with Crippen LogP contribution in [0.3, 0.4) is 0 Å². The molecule has 2 aromatic carbocycles. The number of likely N-dealkylation sites (N-methyl/N-ethyl adjacent to an activating group) is 1. The summed E-state index contributed by atoms with van der Waals surface area (Å²) in [6.45, 7) is 3.65. The molecule has 2 aliphatic rings. The van der Waals surface area contributed by atoms with E-state index in [9.17, 15) is 4.79 Å². The number of hydrogen-bond acceptors (Lipinski definition) is 6. The lowest BCUT2D eigenvalue weighted by Gasteiger charge is -2.35. The third kappa shape index (κ3) is 4.00. The van der Waals surface area contributed by atoms with Crippen LogP contribution in [0.1, 0.15) is 36.1 Å². The summed E-state index contributed by atoms with van der Waals surface area (Å²) in [5, 5.41) is 0. The molecule has 2 aromatic rings. The van der Waals surface area contributed by atoms with Gasteiger partial charge < -0.3 is 18.9 Å². The van der Waals surface area contributed by atoms with E-state index in [4.69, 9.17) is 18.9 Å². The summed E-state index contributed by atoms with van der Waals surface area (Å²) in [6, 6.07) is 9.66. The molecule has 0 saturated carbocycles. The number of rotatable bonds is 7. The van der Waals surface area contributed by atoms with Crippen molar-refractivity contribution in [1.29, 1.82) is 0 Å². The van der Waals surface area contributed by atoms with Crippen LogP contribution in [0, 0.1) is 0 Å². The van der Waals surface area contributed by atoms with Crippen LogP contribution in [0.15, 0.2) is 36.4 Å². The predicted octanol–water partition coefficient (Wildman–Crippen LogP) is 4.02. The van der Waals surface area contributed by atoms with E-state index in [0.717, 1.165) is 41.2 Å². The maximum Gasteiger partial charge on any atom is 0.231 e. The van der Waals surface area contributed by atoms with Gasteiger partial charge in [0, 0.05) is 24.6 Å². The first-order valence-electron chi connectivity index (χ1n) is 10.2. The first kappa shape index (κ1) is 20.3. The number of carbonyl (C=O) groups is 1. The lowest BCUT2D eigenvalue weighted by atomic mass is 9.88. The van der Waals surface area contributed by atoms with Gasteiger partial charge in [0.15, 0.2) is 17.3 Å². The fraction of sp³-hybridized carbons (Fsp3) is 0.375. The smallest absolute Gasteiger partial charge is 0.231 e. The molecule has 6 heteroatoms. The number of allylic oxidation sites excluding steroid dienone is 1. The molecule has 0 amide bonds. The highest BCUT2D eigenvalue weighted by Crippen LogP contribution is 2.50. The van der Waals surface area contributed by atoms with E-state index in [2.05, 4.69) is 4.90 Å². The lowest BCUT2D eigenvalue weighted by molar-refractivity contribution is -0.115. The second kappa shape index (κ2) is 8.79. The molecule has 4 rings (SSSR count). The molecule has 30 heavy (non-hydrogen) atoms. The summed E-state index contributed by atoms with van der Waals surface area (Å²) in [4.78, 5) is 15.0. The number of benzene rings is 2. The third-order valence-electron chi connectivity index (χ3n) is 5.59. The highest BCUT2D eigenvalue weighted by molar-refractivity contribution is 5.94. The molecule has 2 aliphatic heterocycles. The SMILES string of the molecule is CCOc1ccc(/C=C/C(=O)C[C@@H]2c3c(cc4c(c3OC)OCO4)CCN2C)cc1. The zero-order chi connectivity index (χ0) is 21.1. The molecule has 0 saturated heterocycles. The van der Waals surface area contributed by atoms with Crippen LogP contribution in [0.5, 0.6) is 23.0 Å². The summed E-state index contributed by atoms with van der Waals surface area (Å²) < 4.78 is 22.4. The van der Waals surface area contributed by atoms with Crippen molar-refractivity contribution < 1.29 is 23.7 Å². The predicted molar refractivity (Wildman–Crippen MR) is 114 cm³/mol. The Labute approximate surface area is 177 Å². The molecule has 0 radical (unpaired) electrons. The lowest BCUT2D eigenvalue weighted by Crippen LogP contribution is -2.33. The van der Waals surface area contributed by atoms with Gasteiger partial charge in [0.25, 0.3) is 0 Å². The van der Waals surface area contributed by atoms with Gasteiger partial charge in [0.2, 0.25) is 12.5 Å². The van der Waals surface area contributed by atoms with Crippen LogP contribution in [-0.2, 0) is 11.2 Å². The summed E-state index contributed by atoms with van der Waals surface area (Å²) in [6.07, 6.45) is 4.74. The van der Waals surface area contributed by atoms with Crippen LogP contribution >= 0.6 is 0 Å². The molecule has 0 N–H and O–H groups in total. The highest BCUT2D eigenvalue weighted by atomic mass is 16.7. The van der Waals surface area contributed by atoms with E-state index in [0.29, 0.717) is 24.5 Å². The Balaban J connectivity index is 1.54. The topological polar surface area (TPSA) is 57.2 Å². The Morgan fingerprint density at radius 2 is 2.07 bits per heavy atom. The molecule has 158 valence electrons. The summed E-state index contributed by atoms with van der Waals surface area (Å²) in [7, 11) is 3.68. The number of hydrogen-bond donors (Lipinski definition) is 0. The standard InChI is InChI=1S/C24H27NO5/c1-4-28-19-9-6-16(7-10-19)5-8-18(26)14-20-22-17(11-12-25(20)2)13-21-23(24(22)27-3)30-15-29-21/h5-10,13,20H,4,11-12,14-15H2,1-3H3/b8-5+/t20-/m1/s1. The summed E-state index contributed by atoms with van der Waals surface area (Å²) in [5.41, 5.74) is 3.14. The van der Waals surface area contributed by atoms with Crippen molar-refractivity contribution in [2.45, 2.75) is 25.8 Å². The maximum atomic E-state index is 12.8. The molecule has 0 fully saturated rings. The number of methoxy groups -OCH3 is 1. The van der Waals surface area contributed by atoms with E-state index in [1.807, 2.05) is 50.4 Å². The average molecular weight is 409 g/mol. The molecule has 0 spiro atoms. The van der Waals surface area contributed by atoms with Gasteiger partial charge in [0.1, 0.15) is 5.75 Å². The second-order valence-corrected chi connectivity index (χ2v) is 7.47. The fourth-order valence-corrected chi connectivity index (χ4v) is 4.07. The summed E-state index contributed by atoms with van der Waals surface area (Å²) >= 11 is 0. The third-order valence-corrected chi connectivity index (χ3v) is 5.59. The average Bonchev–Trinajstić information content (AvgIpc) is 3.22.